The maximum Gasteiger partial charge on any atom is 0.271 e. The summed E-state index contributed by atoms with van der Waals surface area (Å²) in [6.07, 6.45) is 1.33. The number of fused-ring (bicyclic) bond motifs is 1. The Bertz CT molecular complexity index is 526. The van der Waals surface area contributed by atoms with Crippen LogP contribution in [0.25, 0.3) is 0 Å². The van der Waals surface area contributed by atoms with Gasteiger partial charge in [0.25, 0.3) is 5.91 Å². The van der Waals surface area contributed by atoms with Crippen LogP contribution < -0.4 is 5.43 Å². The quantitative estimate of drug-likeness (QED) is 0.725. The molecule has 5 heteroatoms. The maximum atomic E-state index is 12.2. The minimum atomic E-state index is -0.514. The van der Waals surface area contributed by atoms with Crippen molar-refractivity contribution >= 4 is 5.91 Å². The normalized spacial score (nSPS) is 15.9. The van der Waals surface area contributed by atoms with Crippen molar-refractivity contribution in [2.24, 2.45) is 0 Å². The molecule has 0 radical (unpaired) electrons. The van der Waals surface area contributed by atoms with Crippen molar-refractivity contribution in [3.8, 4) is 5.75 Å². The van der Waals surface area contributed by atoms with Gasteiger partial charge in [-0.05, 0) is 20.8 Å². The number of hydrogen-bond donors (Lipinski definition) is 1. The highest BCUT2D eigenvalue weighted by atomic mass is 16.3. The largest absolute Gasteiger partial charge is 0.503 e. The molecule has 1 N–H and O–H groups in total. The molecule has 17 heavy (non-hydrogen) atoms. The molecular weight excluding hydrogens is 220 g/mol. The molecule has 0 saturated carbocycles. The van der Waals surface area contributed by atoms with Crippen LogP contribution in [0.2, 0.25) is 0 Å². The van der Waals surface area contributed by atoms with Gasteiger partial charge in [-0.1, -0.05) is 0 Å². The van der Waals surface area contributed by atoms with E-state index in [1.54, 1.807) is 9.47 Å². The SMILES string of the molecule is CC(C)(C)N1CCn2cc(O)c(=O)cc2C1=O. The summed E-state index contributed by atoms with van der Waals surface area (Å²) < 4.78 is 1.63. The number of pyridine rings is 1. The Balaban J connectivity index is 2.50. The first-order chi connectivity index (χ1) is 7.80. The standard InChI is InChI=1S/C12H16N2O3/c1-12(2,3)14-5-4-13-7-10(16)9(15)6-8(13)11(14)17/h6-7,16H,4-5H2,1-3H3. The molecule has 92 valence electrons. The van der Waals surface area contributed by atoms with Crippen LogP contribution in [-0.4, -0.2) is 32.6 Å². The summed E-state index contributed by atoms with van der Waals surface area (Å²) in [7, 11) is 0. The van der Waals surface area contributed by atoms with Crippen LogP contribution in [0, 0.1) is 0 Å². The first kappa shape index (κ1) is 11.7. The van der Waals surface area contributed by atoms with Crippen LogP contribution in [0.3, 0.4) is 0 Å². The Kier molecular flexibility index (Phi) is 2.49. The van der Waals surface area contributed by atoms with Crippen LogP contribution in [0.5, 0.6) is 5.75 Å². The number of hydrogen-bond acceptors (Lipinski definition) is 3. The lowest BCUT2D eigenvalue weighted by molar-refractivity contribution is 0.0511. The molecule has 1 aromatic heterocycles. The molecule has 0 aromatic carbocycles. The third kappa shape index (κ3) is 1.92. The minimum Gasteiger partial charge on any atom is -0.503 e. The summed E-state index contributed by atoms with van der Waals surface area (Å²) in [5, 5.41) is 9.33. The second kappa shape index (κ2) is 3.61. The van der Waals surface area contributed by atoms with Crippen LogP contribution in [0.15, 0.2) is 17.1 Å². The van der Waals surface area contributed by atoms with E-state index in [-0.39, 0.29) is 17.2 Å². The van der Waals surface area contributed by atoms with Crippen molar-refractivity contribution in [3.63, 3.8) is 0 Å². The topological polar surface area (TPSA) is 62.5 Å². The van der Waals surface area contributed by atoms with Gasteiger partial charge in [0.2, 0.25) is 5.43 Å². The van der Waals surface area contributed by atoms with Crippen LogP contribution in [0.4, 0.5) is 0 Å². The molecule has 1 aromatic rings. The molecule has 0 bridgehead atoms. The lowest BCUT2D eigenvalue weighted by Gasteiger charge is -2.39. The van der Waals surface area contributed by atoms with E-state index in [1.165, 1.54) is 12.3 Å². The molecule has 2 rings (SSSR count). The van der Waals surface area contributed by atoms with E-state index in [1.807, 2.05) is 20.8 Å². The van der Waals surface area contributed by atoms with Gasteiger partial charge in [-0.25, -0.2) is 0 Å². The zero-order valence-corrected chi connectivity index (χ0v) is 10.2. The second-order valence-corrected chi connectivity index (χ2v) is 5.23. The number of amides is 1. The van der Waals surface area contributed by atoms with Gasteiger partial charge in [-0.3, -0.25) is 9.59 Å². The van der Waals surface area contributed by atoms with E-state index in [9.17, 15) is 14.7 Å². The fraction of sp³-hybridized carbons (Fsp3) is 0.500. The molecule has 1 aliphatic rings. The predicted octanol–water partition coefficient (Wildman–Crippen LogP) is 0.808. The van der Waals surface area contributed by atoms with Crippen molar-refractivity contribution in [2.45, 2.75) is 32.9 Å². The Morgan fingerprint density at radius 1 is 1.24 bits per heavy atom. The highest BCUT2D eigenvalue weighted by Gasteiger charge is 2.32. The van der Waals surface area contributed by atoms with Gasteiger partial charge in [-0.15, -0.1) is 0 Å². The van der Waals surface area contributed by atoms with E-state index in [4.69, 9.17) is 0 Å². The summed E-state index contributed by atoms with van der Waals surface area (Å²) in [4.78, 5) is 25.3. The average molecular weight is 236 g/mol. The molecule has 0 aliphatic carbocycles. The predicted molar refractivity (Wildman–Crippen MR) is 63.2 cm³/mol. The van der Waals surface area contributed by atoms with Gasteiger partial charge in [0.05, 0.1) is 6.20 Å². The van der Waals surface area contributed by atoms with Gasteiger partial charge in [0.15, 0.2) is 5.75 Å². The summed E-state index contributed by atoms with van der Waals surface area (Å²) in [5.41, 5.74) is -0.440. The highest BCUT2D eigenvalue weighted by Crippen LogP contribution is 2.21. The monoisotopic (exact) mass is 236 g/mol. The number of nitrogens with zero attached hydrogens (tertiary/aromatic N) is 2. The molecule has 0 saturated heterocycles. The molecule has 5 nitrogen and oxygen atoms in total. The van der Waals surface area contributed by atoms with Gasteiger partial charge in [0, 0.05) is 24.7 Å². The Labute approximate surface area is 99.3 Å². The number of aromatic hydroxyl groups is 1. The van der Waals surface area contributed by atoms with E-state index in [2.05, 4.69) is 0 Å². The van der Waals surface area contributed by atoms with E-state index >= 15 is 0 Å². The second-order valence-electron chi connectivity index (χ2n) is 5.23. The smallest absolute Gasteiger partial charge is 0.271 e. The fourth-order valence-electron chi connectivity index (χ4n) is 2.02. The maximum absolute atomic E-state index is 12.2. The number of carbonyl (C=O) groups excluding carboxylic acids is 1. The Hall–Kier alpha value is -1.78. The third-order valence-corrected chi connectivity index (χ3v) is 2.95. The lowest BCUT2D eigenvalue weighted by atomic mass is 10.0. The van der Waals surface area contributed by atoms with Gasteiger partial charge in [-0.2, -0.15) is 0 Å². The zero-order valence-electron chi connectivity index (χ0n) is 10.2. The zero-order chi connectivity index (χ0) is 12.8. The van der Waals surface area contributed by atoms with Gasteiger partial charge < -0.3 is 14.6 Å². The fourth-order valence-corrected chi connectivity index (χ4v) is 2.02. The van der Waals surface area contributed by atoms with E-state index in [0.29, 0.717) is 18.8 Å². The molecule has 1 aliphatic heterocycles. The first-order valence-electron chi connectivity index (χ1n) is 5.56. The van der Waals surface area contributed by atoms with Crippen molar-refractivity contribution in [3.05, 3.63) is 28.2 Å². The van der Waals surface area contributed by atoms with E-state index < -0.39 is 5.43 Å². The van der Waals surface area contributed by atoms with Crippen molar-refractivity contribution in [2.75, 3.05) is 6.54 Å². The first-order valence-corrected chi connectivity index (χ1v) is 5.56. The van der Waals surface area contributed by atoms with Crippen molar-refractivity contribution < 1.29 is 9.90 Å². The van der Waals surface area contributed by atoms with Crippen molar-refractivity contribution in [1.29, 1.82) is 0 Å². The minimum absolute atomic E-state index is 0.166. The van der Waals surface area contributed by atoms with Crippen LogP contribution in [-0.2, 0) is 6.54 Å². The summed E-state index contributed by atoms with van der Waals surface area (Å²) in [5.74, 6) is -0.480. The van der Waals surface area contributed by atoms with Crippen molar-refractivity contribution in [1.82, 2.24) is 9.47 Å². The van der Waals surface area contributed by atoms with E-state index in [0.717, 1.165) is 0 Å². The van der Waals surface area contributed by atoms with Gasteiger partial charge >= 0.3 is 0 Å². The number of carbonyl (C=O) groups is 1. The summed E-state index contributed by atoms with van der Waals surface area (Å²) >= 11 is 0. The molecule has 0 fully saturated rings. The molecule has 2 heterocycles. The molecule has 0 unspecified atom stereocenters. The Morgan fingerprint density at radius 2 is 1.88 bits per heavy atom. The highest BCUT2D eigenvalue weighted by molar-refractivity contribution is 5.93. The Morgan fingerprint density at radius 3 is 2.47 bits per heavy atom. The summed E-state index contributed by atoms with van der Waals surface area (Å²) in [6, 6.07) is 1.20. The number of aromatic nitrogens is 1. The summed E-state index contributed by atoms with van der Waals surface area (Å²) in [6.45, 7) is 7.04. The van der Waals surface area contributed by atoms with Gasteiger partial charge in [0.1, 0.15) is 5.69 Å². The molecular formula is C12H16N2O3. The third-order valence-electron chi connectivity index (χ3n) is 2.95. The molecule has 1 amide bonds. The number of rotatable bonds is 0. The molecule has 0 spiro atoms. The molecule has 0 atom stereocenters. The lowest BCUT2D eigenvalue weighted by Crippen LogP contribution is -2.51. The van der Waals surface area contributed by atoms with Crippen LogP contribution >= 0.6 is 0 Å². The van der Waals surface area contributed by atoms with Crippen LogP contribution in [0.1, 0.15) is 31.3 Å². The average Bonchev–Trinajstić information content (AvgIpc) is 2.19.